The van der Waals surface area contributed by atoms with Crippen molar-refractivity contribution in [2.75, 3.05) is 31.3 Å². The molecular formula is C22H25ClF3N5O2. The maximum absolute atomic E-state index is 13.3. The van der Waals surface area contributed by atoms with Crippen molar-refractivity contribution in [3.63, 3.8) is 0 Å². The highest BCUT2D eigenvalue weighted by molar-refractivity contribution is 6.28. The molecule has 1 aliphatic heterocycles. The Bertz CT molecular complexity index is 1060. The Hall–Kier alpha value is -2.59. The Labute approximate surface area is 194 Å². The number of hydrogen-bond acceptors (Lipinski definition) is 6. The highest BCUT2D eigenvalue weighted by atomic mass is 35.5. The first-order chi connectivity index (χ1) is 15.6. The molecule has 1 aromatic carbocycles. The predicted octanol–water partition coefficient (Wildman–Crippen LogP) is 4.04. The van der Waals surface area contributed by atoms with Crippen LogP contribution in [0.1, 0.15) is 41.6 Å². The van der Waals surface area contributed by atoms with Gasteiger partial charge in [-0.2, -0.15) is 13.2 Å². The van der Waals surface area contributed by atoms with Gasteiger partial charge in [0.2, 0.25) is 11.2 Å². The number of nitrogens with zero attached hydrogens (tertiary/aromatic N) is 3. The van der Waals surface area contributed by atoms with Crippen LogP contribution in [0.5, 0.6) is 0 Å². The van der Waals surface area contributed by atoms with Gasteiger partial charge in [0, 0.05) is 37.9 Å². The SMILES string of the molecule is COCC1(C(=O)N2CCc3nc(Cl)nc(NCc4cc(N)cc(C(F)(F)F)c4)c3C2)CCC1. The average molecular weight is 484 g/mol. The third-order valence-electron chi connectivity index (χ3n) is 6.31. The van der Waals surface area contributed by atoms with Crippen LogP contribution in [0.3, 0.4) is 0 Å². The summed E-state index contributed by atoms with van der Waals surface area (Å²) in [5.74, 6) is 0.445. The van der Waals surface area contributed by atoms with Crippen molar-refractivity contribution in [3.05, 3.63) is 45.9 Å². The number of carbonyl (C=O) groups excluding carboxylic acids is 1. The second-order valence-electron chi connectivity index (χ2n) is 8.62. The van der Waals surface area contributed by atoms with E-state index in [-0.39, 0.29) is 23.4 Å². The number of nitrogens with two attached hydrogens (primary N) is 1. The zero-order valence-corrected chi connectivity index (χ0v) is 18.9. The van der Waals surface area contributed by atoms with Crippen LogP contribution in [-0.2, 0) is 35.2 Å². The Morgan fingerprint density at radius 3 is 2.70 bits per heavy atom. The van der Waals surface area contributed by atoms with E-state index in [0.717, 1.165) is 37.1 Å². The quantitative estimate of drug-likeness (QED) is 0.475. The molecule has 0 saturated heterocycles. The van der Waals surface area contributed by atoms with Crippen molar-refractivity contribution >= 4 is 29.0 Å². The van der Waals surface area contributed by atoms with Crippen LogP contribution in [0, 0.1) is 5.41 Å². The number of methoxy groups -OCH3 is 1. The molecule has 4 rings (SSSR count). The summed E-state index contributed by atoms with van der Waals surface area (Å²) in [6.07, 6.45) is -1.41. The van der Waals surface area contributed by atoms with Crippen molar-refractivity contribution in [2.45, 2.75) is 44.9 Å². The minimum absolute atomic E-state index is 0.0186. The smallest absolute Gasteiger partial charge is 0.399 e. The van der Waals surface area contributed by atoms with Gasteiger partial charge in [0.05, 0.1) is 29.8 Å². The van der Waals surface area contributed by atoms with Crippen LogP contribution < -0.4 is 11.1 Å². The molecule has 0 bridgehead atoms. The first-order valence-electron chi connectivity index (χ1n) is 10.7. The molecular weight excluding hydrogens is 459 g/mol. The van der Waals surface area contributed by atoms with E-state index in [1.54, 1.807) is 12.0 Å². The fourth-order valence-corrected chi connectivity index (χ4v) is 4.70. The molecule has 0 spiro atoms. The fourth-order valence-electron chi connectivity index (χ4n) is 4.51. The number of benzene rings is 1. The van der Waals surface area contributed by atoms with Crippen LogP contribution in [0.2, 0.25) is 5.28 Å². The molecule has 1 saturated carbocycles. The average Bonchev–Trinajstić information content (AvgIpc) is 2.72. The molecule has 11 heteroatoms. The third-order valence-corrected chi connectivity index (χ3v) is 6.48. The van der Waals surface area contributed by atoms with Gasteiger partial charge in [-0.25, -0.2) is 9.97 Å². The lowest BCUT2D eigenvalue weighted by Gasteiger charge is -2.44. The number of ether oxygens (including phenoxy) is 1. The molecule has 1 aliphatic carbocycles. The monoisotopic (exact) mass is 483 g/mol. The van der Waals surface area contributed by atoms with Crippen molar-refractivity contribution in [1.29, 1.82) is 0 Å². The van der Waals surface area contributed by atoms with Gasteiger partial charge in [-0.05, 0) is 48.2 Å². The van der Waals surface area contributed by atoms with E-state index in [0.29, 0.717) is 43.1 Å². The first-order valence-corrected chi connectivity index (χ1v) is 11.0. The lowest BCUT2D eigenvalue weighted by atomic mass is 9.68. The second kappa shape index (κ2) is 8.98. The van der Waals surface area contributed by atoms with Gasteiger partial charge < -0.3 is 20.7 Å². The van der Waals surface area contributed by atoms with Crippen LogP contribution in [0.15, 0.2) is 18.2 Å². The van der Waals surface area contributed by atoms with Crippen molar-refractivity contribution < 1.29 is 22.7 Å². The minimum atomic E-state index is -4.50. The molecule has 0 atom stereocenters. The molecule has 1 aromatic heterocycles. The molecule has 2 heterocycles. The second-order valence-corrected chi connectivity index (χ2v) is 8.96. The number of anilines is 2. The molecule has 0 radical (unpaired) electrons. The van der Waals surface area contributed by atoms with Crippen LogP contribution in [-0.4, -0.2) is 41.0 Å². The number of amides is 1. The number of aromatic nitrogens is 2. The van der Waals surface area contributed by atoms with E-state index in [9.17, 15) is 18.0 Å². The summed E-state index contributed by atoms with van der Waals surface area (Å²) >= 11 is 6.09. The normalized spacial score (nSPS) is 17.3. The summed E-state index contributed by atoms with van der Waals surface area (Å²) in [5.41, 5.74) is 6.17. The summed E-state index contributed by atoms with van der Waals surface area (Å²) in [7, 11) is 1.59. The molecule has 1 amide bonds. The molecule has 2 aromatic rings. The van der Waals surface area contributed by atoms with Crippen LogP contribution in [0.4, 0.5) is 24.7 Å². The van der Waals surface area contributed by atoms with Gasteiger partial charge in [-0.1, -0.05) is 6.42 Å². The van der Waals surface area contributed by atoms with Gasteiger partial charge >= 0.3 is 6.18 Å². The Kier molecular flexibility index (Phi) is 6.41. The maximum atomic E-state index is 13.3. The minimum Gasteiger partial charge on any atom is -0.399 e. The van der Waals surface area contributed by atoms with Gasteiger partial charge in [0.15, 0.2) is 0 Å². The summed E-state index contributed by atoms with van der Waals surface area (Å²) in [6, 6.07) is 3.41. The maximum Gasteiger partial charge on any atom is 0.416 e. The zero-order valence-electron chi connectivity index (χ0n) is 18.1. The Morgan fingerprint density at radius 1 is 1.30 bits per heavy atom. The summed E-state index contributed by atoms with van der Waals surface area (Å²) in [6.45, 7) is 1.24. The highest BCUT2D eigenvalue weighted by Crippen LogP contribution is 2.43. The van der Waals surface area contributed by atoms with E-state index >= 15 is 0 Å². The molecule has 3 N–H and O–H groups in total. The molecule has 0 unspecified atom stereocenters. The number of alkyl halides is 3. The van der Waals surface area contributed by atoms with Gasteiger partial charge in [-0.15, -0.1) is 0 Å². The standard InChI is InChI=1S/C22H25ClF3N5O2/c1-33-12-21(4-2-5-21)19(32)31-6-3-17-16(11-31)18(30-20(23)29-17)28-10-13-7-14(22(24,25)26)9-15(27)8-13/h7-9H,2-6,10-12,27H2,1H3,(H,28,29,30). The molecule has 7 nitrogen and oxygen atoms in total. The zero-order chi connectivity index (χ0) is 23.8. The number of nitrogen functional groups attached to an aromatic ring is 1. The predicted molar refractivity (Wildman–Crippen MR) is 118 cm³/mol. The molecule has 33 heavy (non-hydrogen) atoms. The van der Waals surface area contributed by atoms with Gasteiger partial charge in [0.25, 0.3) is 0 Å². The van der Waals surface area contributed by atoms with E-state index < -0.39 is 17.2 Å². The van der Waals surface area contributed by atoms with Gasteiger partial charge in [-0.3, -0.25) is 4.79 Å². The fraction of sp³-hybridized carbons (Fsp3) is 0.500. The van der Waals surface area contributed by atoms with E-state index in [2.05, 4.69) is 15.3 Å². The lowest BCUT2D eigenvalue weighted by molar-refractivity contribution is -0.153. The number of halogens is 4. The lowest BCUT2D eigenvalue weighted by Crippen LogP contribution is -2.51. The molecule has 1 fully saturated rings. The van der Waals surface area contributed by atoms with Crippen molar-refractivity contribution in [2.24, 2.45) is 5.41 Å². The summed E-state index contributed by atoms with van der Waals surface area (Å²) in [5, 5.41) is 3.10. The Morgan fingerprint density at radius 2 is 2.06 bits per heavy atom. The Balaban J connectivity index is 1.55. The summed E-state index contributed by atoms with van der Waals surface area (Å²) < 4.78 is 44.7. The number of rotatable bonds is 6. The number of nitrogens with one attached hydrogen (secondary N) is 1. The van der Waals surface area contributed by atoms with Crippen molar-refractivity contribution in [1.82, 2.24) is 14.9 Å². The number of fused-ring (bicyclic) bond motifs is 1. The van der Waals surface area contributed by atoms with Crippen LogP contribution >= 0.6 is 11.6 Å². The largest absolute Gasteiger partial charge is 0.416 e. The first kappa shape index (κ1) is 23.6. The van der Waals surface area contributed by atoms with Crippen LogP contribution in [0.25, 0.3) is 0 Å². The van der Waals surface area contributed by atoms with E-state index in [4.69, 9.17) is 22.1 Å². The van der Waals surface area contributed by atoms with Crippen molar-refractivity contribution in [3.8, 4) is 0 Å². The molecule has 2 aliphatic rings. The van der Waals surface area contributed by atoms with E-state index in [1.807, 2.05) is 0 Å². The van der Waals surface area contributed by atoms with Gasteiger partial charge in [0.1, 0.15) is 5.82 Å². The topological polar surface area (TPSA) is 93.4 Å². The number of hydrogen-bond donors (Lipinski definition) is 2. The third kappa shape index (κ3) is 4.86. The van der Waals surface area contributed by atoms with E-state index in [1.165, 1.54) is 6.07 Å². The molecule has 178 valence electrons. The number of carbonyl (C=O) groups is 1. The summed E-state index contributed by atoms with van der Waals surface area (Å²) in [4.78, 5) is 23.6. The highest BCUT2D eigenvalue weighted by Gasteiger charge is 2.47.